The van der Waals surface area contributed by atoms with Crippen LogP contribution < -0.4 is 0 Å². The predicted octanol–water partition coefficient (Wildman–Crippen LogP) is 6.31. The number of aryl methyl sites for hydroxylation is 1. The van der Waals surface area contributed by atoms with E-state index in [2.05, 4.69) is 16.1 Å². The third-order valence-corrected chi connectivity index (χ3v) is 8.41. The summed E-state index contributed by atoms with van der Waals surface area (Å²) in [6.45, 7) is 9.17. The van der Waals surface area contributed by atoms with Gasteiger partial charge in [0.1, 0.15) is 5.84 Å². The number of carbonyl (C=O) groups is 2. The molecule has 1 N–H and O–H groups in total. The zero-order valence-electron chi connectivity index (χ0n) is 24.8. The molecule has 10 heteroatoms. The van der Waals surface area contributed by atoms with Crippen LogP contribution in [0.3, 0.4) is 0 Å². The van der Waals surface area contributed by atoms with Gasteiger partial charge in [0.2, 0.25) is 0 Å². The van der Waals surface area contributed by atoms with E-state index >= 15 is 0 Å². The number of likely N-dealkylation sites (tertiary alicyclic amines) is 2. The van der Waals surface area contributed by atoms with Gasteiger partial charge >= 0.3 is 5.24 Å². The molecular formula is C32H38F2N4O3S. The van der Waals surface area contributed by atoms with Gasteiger partial charge in [0.25, 0.3) is 11.8 Å². The number of carbonyl (C=O) groups excluding carboxylic acids is 2. The van der Waals surface area contributed by atoms with Crippen molar-refractivity contribution in [2.75, 3.05) is 33.2 Å². The minimum atomic E-state index is -2.91. The average molecular weight is 597 g/mol. The van der Waals surface area contributed by atoms with E-state index in [-0.39, 0.29) is 16.7 Å². The van der Waals surface area contributed by atoms with Crippen molar-refractivity contribution in [3.05, 3.63) is 81.3 Å². The highest BCUT2D eigenvalue weighted by Gasteiger charge is 2.37. The molecule has 1 aromatic carbocycles. The van der Waals surface area contributed by atoms with E-state index in [1.165, 1.54) is 6.07 Å². The lowest BCUT2D eigenvalue weighted by molar-refractivity contribution is 0.0165. The van der Waals surface area contributed by atoms with Crippen molar-refractivity contribution in [3.8, 4) is 0 Å². The van der Waals surface area contributed by atoms with Crippen LogP contribution in [0.4, 0.5) is 13.6 Å². The normalized spacial score (nSPS) is 25.0. The number of hydrogen-bond donors (Lipinski definition) is 1. The standard InChI is InChI=1S/C18H21N3O2S.C14H17F2NO/c1-4-13-9-12(5-6-14(13)19-3)10-15-16(20-17(22)24-15)21-8-7-18(2,23)11-21;1-3-10-5-6-11(9-12(10)14(2,15)16)13(18)17-7-4-8-17/h4-6,9-10,23H,7-8,11H2,1-3H3;5-6,9H,3-4,7-8H2,1-2H3/b13-4-,15-10-,19-14?;. The number of aliphatic imine (C=N–C) groups is 2. The highest BCUT2D eigenvalue weighted by atomic mass is 32.2. The molecule has 4 aliphatic rings. The largest absolute Gasteiger partial charge is 0.388 e. The van der Waals surface area contributed by atoms with Crippen molar-refractivity contribution in [2.45, 2.75) is 58.5 Å². The number of aliphatic hydroxyl groups is 1. The van der Waals surface area contributed by atoms with Crippen LogP contribution in [0.5, 0.6) is 0 Å². The number of halogens is 2. The predicted molar refractivity (Wildman–Crippen MR) is 166 cm³/mol. The van der Waals surface area contributed by atoms with Gasteiger partial charge in [-0.1, -0.05) is 25.1 Å². The van der Waals surface area contributed by atoms with Crippen molar-refractivity contribution in [1.29, 1.82) is 0 Å². The second-order valence-corrected chi connectivity index (χ2v) is 12.1. The highest BCUT2D eigenvalue weighted by molar-refractivity contribution is 8.18. The lowest BCUT2D eigenvalue weighted by Crippen LogP contribution is -2.42. The molecule has 1 atom stereocenters. The van der Waals surface area contributed by atoms with E-state index in [0.717, 1.165) is 60.0 Å². The molecule has 3 aliphatic heterocycles. The topological polar surface area (TPSA) is 85.6 Å². The number of thioether (sulfide) groups is 1. The Morgan fingerprint density at radius 1 is 1.26 bits per heavy atom. The van der Waals surface area contributed by atoms with Crippen LogP contribution in [0, 0.1) is 0 Å². The molecule has 3 heterocycles. The molecule has 0 bridgehead atoms. The number of allylic oxidation sites excluding steroid dienone is 7. The second kappa shape index (κ2) is 12.9. The molecule has 1 unspecified atom stereocenters. The van der Waals surface area contributed by atoms with E-state index in [9.17, 15) is 23.5 Å². The highest BCUT2D eigenvalue weighted by Crippen LogP contribution is 2.34. The number of alkyl halides is 2. The molecule has 42 heavy (non-hydrogen) atoms. The van der Waals surface area contributed by atoms with Gasteiger partial charge in [-0.15, -0.1) is 0 Å². The molecule has 0 aromatic heterocycles. The Balaban J connectivity index is 0.000000201. The number of benzene rings is 1. The molecule has 0 saturated carbocycles. The van der Waals surface area contributed by atoms with Crippen LogP contribution in [0.2, 0.25) is 0 Å². The number of amides is 2. The minimum Gasteiger partial charge on any atom is -0.388 e. The fraction of sp³-hybridized carbons (Fsp3) is 0.438. The van der Waals surface area contributed by atoms with E-state index in [4.69, 9.17) is 0 Å². The van der Waals surface area contributed by atoms with Gasteiger partial charge in [0.15, 0.2) is 0 Å². The second-order valence-electron chi connectivity index (χ2n) is 11.1. The van der Waals surface area contributed by atoms with E-state index in [0.29, 0.717) is 42.9 Å². The van der Waals surface area contributed by atoms with Gasteiger partial charge in [-0.3, -0.25) is 14.6 Å². The van der Waals surface area contributed by atoms with Crippen molar-refractivity contribution >= 4 is 34.5 Å². The molecule has 224 valence electrons. The molecule has 1 aliphatic carbocycles. The first kappa shape index (κ1) is 31.6. The lowest BCUT2D eigenvalue weighted by atomic mass is 9.97. The lowest BCUT2D eigenvalue weighted by Gasteiger charge is -2.31. The van der Waals surface area contributed by atoms with Crippen LogP contribution in [0.15, 0.2) is 74.6 Å². The number of rotatable bonds is 4. The Hall–Kier alpha value is -3.37. The zero-order valence-corrected chi connectivity index (χ0v) is 25.6. The molecule has 1 aromatic rings. The van der Waals surface area contributed by atoms with Gasteiger partial charge in [0.05, 0.1) is 16.2 Å². The summed E-state index contributed by atoms with van der Waals surface area (Å²) in [5, 5.41) is 9.97. The molecule has 2 saturated heterocycles. The van der Waals surface area contributed by atoms with Gasteiger partial charge < -0.3 is 14.9 Å². The Kier molecular flexibility index (Phi) is 9.67. The summed E-state index contributed by atoms with van der Waals surface area (Å²) in [6, 6.07) is 4.63. The fourth-order valence-electron chi connectivity index (χ4n) is 5.13. The first-order chi connectivity index (χ1) is 19.8. The summed E-state index contributed by atoms with van der Waals surface area (Å²) in [6.07, 6.45) is 12.2. The summed E-state index contributed by atoms with van der Waals surface area (Å²) in [5.41, 5.74) is 3.22. The van der Waals surface area contributed by atoms with Crippen molar-refractivity contribution < 1.29 is 23.5 Å². The Labute approximate surface area is 250 Å². The number of hydrogen-bond acceptors (Lipinski definition) is 6. The Morgan fingerprint density at radius 3 is 2.55 bits per heavy atom. The summed E-state index contributed by atoms with van der Waals surface area (Å²) in [4.78, 5) is 36.7. The van der Waals surface area contributed by atoms with Crippen molar-refractivity contribution in [3.63, 3.8) is 0 Å². The van der Waals surface area contributed by atoms with Crippen molar-refractivity contribution in [2.24, 2.45) is 9.98 Å². The van der Waals surface area contributed by atoms with Crippen LogP contribution in [-0.2, 0) is 12.3 Å². The molecule has 2 fully saturated rings. The Morgan fingerprint density at radius 2 is 2.00 bits per heavy atom. The first-order valence-electron chi connectivity index (χ1n) is 14.2. The molecule has 0 radical (unpaired) electrons. The quantitative estimate of drug-likeness (QED) is 0.440. The number of amidine groups is 1. The first-order valence-corrected chi connectivity index (χ1v) is 15.0. The van der Waals surface area contributed by atoms with Crippen LogP contribution in [0.25, 0.3) is 0 Å². The van der Waals surface area contributed by atoms with E-state index in [1.54, 1.807) is 24.1 Å². The number of nitrogens with zero attached hydrogens (tertiary/aromatic N) is 4. The summed E-state index contributed by atoms with van der Waals surface area (Å²) in [7, 11) is 1.77. The molecular weight excluding hydrogens is 558 g/mol. The Bertz CT molecular complexity index is 1430. The summed E-state index contributed by atoms with van der Waals surface area (Å²) < 4.78 is 27.0. The SMILES string of the molecule is C/C=C1C=C(/C=C2\SC(=O)N=C2N2CCC(C)(O)C2)C=CC/1=NC.CCc1ccc(C(=O)N2CCC2)cc1C(C)(F)F. The maximum atomic E-state index is 13.5. The molecule has 5 rings (SSSR count). The minimum absolute atomic E-state index is 0.0311. The van der Waals surface area contributed by atoms with Gasteiger partial charge in [-0.2, -0.15) is 4.99 Å². The maximum Gasteiger partial charge on any atom is 0.311 e. The maximum absolute atomic E-state index is 13.5. The van der Waals surface area contributed by atoms with E-state index in [1.807, 2.05) is 50.0 Å². The van der Waals surface area contributed by atoms with Gasteiger partial charge in [0, 0.05) is 51.3 Å². The molecule has 2 amide bonds. The third kappa shape index (κ3) is 7.33. The van der Waals surface area contributed by atoms with Crippen molar-refractivity contribution in [1.82, 2.24) is 9.80 Å². The van der Waals surface area contributed by atoms with Gasteiger partial charge in [-0.25, -0.2) is 8.78 Å². The van der Waals surface area contributed by atoms with Crippen LogP contribution >= 0.6 is 11.8 Å². The molecule has 0 spiro atoms. The summed E-state index contributed by atoms with van der Waals surface area (Å²) in [5.74, 6) is -2.38. The molecule has 7 nitrogen and oxygen atoms in total. The zero-order chi connectivity index (χ0) is 30.7. The monoisotopic (exact) mass is 596 g/mol. The third-order valence-electron chi connectivity index (χ3n) is 7.62. The average Bonchev–Trinajstić information content (AvgIpc) is 3.47. The van der Waals surface area contributed by atoms with Gasteiger partial charge in [-0.05, 0) is 91.9 Å². The smallest absolute Gasteiger partial charge is 0.311 e. The van der Waals surface area contributed by atoms with Crippen LogP contribution in [0.1, 0.15) is 62.0 Å². The van der Waals surface area contributed by atoms with Crippen LogP contribution in [-0.4, -0.2) is 76.4 Å². The van der Waals surface area contributed by atoms with E-state index < -0.39 is 11.5 Å². The summed E-state index contributed by atoms with van der Waals surface area (Å²) >= 11 is 1.14. The number of β-amino-alcohol motifs (C(OH)–C–C–N with tert-alkyl or cyclic N) is 1. The fourth-order valence-corrected chi connectivity index (χ4v) is 5.91.